The van der Waals surface area contributed by atoms with Gasteiger partial charge in [-0.15, -0.1) is 0 Å². The molecule has 3 N–H and O–H groups in total. The summed E-state index contributed by atoms with van der Waals surface area (Å²) in [5, 5.41) is 11.2. The number of fused-ring (bicyclic) bond motifs is 1. The number of nitro benzene ring substituents is 1. The first kappa shape index (κ1) is 22.0. The molecule has 0 saturated carbocycles. The van der Waals surface area contributed by atoms with Crippen LogP contribution < -0.4 is 10.5 Å². The Balaban J connectivity index is 1.82. The van der Waals surface area contributed by atoms with E-state index < -0.39 is 16.1 Å². The van der Waals surface area contributed by atoms with Crippen molar-refractivity contribution in [2.45, 2.75) is 10.4 Å². The molecule has 33 heavy (non-hydrogen) atoms. The lowest BCUT2D eigenvalue weighted by atomic mass is 9.99. The lowest BCUT2D eigenvalue weighted by Gasteiger charge is -2.16. The first-order valence-electron chi connectivity index (χ1n) is 9.75. The van der Waals surface area contributed by atoms with Gasteiger partial charge in [0.2, 0.25) is 5.91 Å². The molecular formula is C23H18N4O5S. The van der Waals surface area contributed by atoms with Crippen molar-refractivity contribution in [3.63, 3.8) is 0 Å². The number of nitrogens with zero attached hydrogens (tertiary/aromatic N) is 2. The van der Waals surface area contributed by atoms with E-state index in [0.717, 1.165) is 23.3 Å². The van der Waals surface area contributed by atoms with E-state index in [1.807, 2.05) is 24.3 Å². The largest absolute Gasteiger partial charge is 0.497 e. The van der Waals surface area contributed by atoms with Crippen LogP contribution in [0.2, 0.25) is 0 Å². The van der Waals surface area contributed by atoms with Gasteiger partial charge < -0.3 is 15.5 Å². The predicted molar refractivity (Wildman–Crippen MR) is 124 cm³/mol. The van der Waals surface area contributed by atoms with Gasteiger partial charge in [-0.3, -0.25) is 19.7 Å². The quantitative estimate of drug-likeness (QED) is 0.172. The molecule has 10 heteroatoms. The van der Waals surface area contributed by atoms with E-state index in [9.17, 15) is 19.7 Å². The fourth-order valence-corrected chi connectivity index (χ4v) is 4.45. The molecule has 0 radical (unpaired) electrons. The van der Waals surface area contributed by atoms with Crippen LogP contribution in [0.25, 0.3) is 11.0 Å². The molecule has 1 aromatic heterocycles. The Hall–Kier alpha value is -4.18. The summed E-state index contributed by atoms with van der Waals surface area (Å²) in [4.78, 5) is 43.9. The Bertz CT molecular complexity index is 1330. The number of benzene rings is 3. The fourth-order valence-electron chi connectivity index (χ4n) is 3.34. The van der Waals surface area contributed by atoms with E-state index in [1.165, 1.54) is 19.2 Å². The van der Waals surface area contributed by atoms with Crippen molar-refractivity contribution in [1.29, 1.82) is 0 Å². The number of ketones is 1. The maximum absolute atomic E-state index is 13.5. The third kappa shape index (κ3) is 4.55. The zero-order valence-corrected chi connectivity index (χ0v) is 18.2. The Morgan fingerprint density at radius 3 is 2.42 bits per heavy atom. The third-order valence-corrected chi connectivity index (χ3v) is 6.12. The zero-order valence-electron chi connectivity index (χ0n) is 17.3. The van der Waals surface area contributed by atoms with E-state index in [0.29, 0.717) is 22.0 Å². The van der Waals surface area contributed by atoms with Crippen LogP contribution >= 0.6 is 11.8 Å². The van der Waals surface area contributed by atoms with Crippen LogP contribution in [0, 0.1) is 10.1 Å². The number of nitrogens with one attached hydrogen (secondary N) is 1. The lowest BCUT2D eigenvalue weighted by molar-refractivity contribution is -0.385. The highest BCUT2D eigenvalue weighted by Crippen LogP contribution is 2.41. The Morgan fingerprint density at radius 2 is 1.79 bits per heavy atom. The van der Waals surface area contributed by atoms with Crippen LogP contribution in [0.1, 0.15) is 31.5 Å². The van der Waals surface area contributed by atoms with Crippen molar-refractivity contribution in [2.24, 2.45) is 5.73 Å². The number of nitrogens with two attached hydrogens (primary N) is 1. The molecule has 9 nitrogen and oxygen atoms in total. The number of carbonyl (C=O) groups excluding carboxylic acids is 2. The van der Waals surface area contributed by atoms with Crippen LogP contribution in [-0.2, 0) is 0 Å². The number of rotatable bonds is 8. The van der Waals surface area contributed by atoms with E-state index in [-0.39, 0.29) is 22.6 Å². The molecule has 4 rings (SSSR count). The molecule has 1 heterocycles. The number of thioether (sulfide) groups is 1. The maximum Gasteiger partial charge on any atom is 0.275 e. The maximum atomic E-state index is 13.5. The number of nitro groups is 1. The van der Waals surface area contributed by atoms with Gasteiger partial charge >= 0.3 is 0 Å². The van der Waals surface area contributed by atoms with Crippen molar-refractivity contribution in [1.82, 2.24) is 9.97 Å². The van der Waals surface area contributed by atoms with Crippen LogP contribution in [0.15, 0.2) is 71.9 Å². The van der Waals surface area contributed by atoms with Crippen molar-refractivity contribution in [3.8, 4) is 5.75 Å². The molecule has 0 aliphatic rings. The smallest absolute Gasteiger partial charge is 0.275 e. The normalized spacial score (nSPS) is 11.8. The SMILES string of the molecule is COc1ccc(C(=O)C(Sc2nc3ccccc3[nH]2)c2ccc(C(N)=O)cc2[N+](=O)[O-])cc1. The summed E-state index contributed by atoms with van der Waals surface area (Å²) in [6.07, 6.45) is 0. The number of hydrogen-bond donors (Lipinski definition) is 2. The van der Waals surface area contributed by atoms with Crippen molar-refractivity contribution in [2.75, 3.05) is 7.11 Å². The van der Waals surface area contributed by atoms with Crippen LogP contribution in [0.5, 0.6) is 5.75 Å². The number of hydrogen-bond acceptors (Lipinski definition) is 7. The third-order valence-electron chi connectivity index (χ3n) is 5.00. The average molecular weight is 462 g/mol. The summed E-state index contributed by atoms with van der Waals surface area (Å²) >= 11 is 1.06. The Morgan fingerprint density at radius 1 is 1.09 bits per heavy atom. The topological polar surface area (TPSA) is 141 Å². The van der Waals surface area contributed by atoms with Gasteiger partial charge in [-0.25, -0.2) is 4.98 Å². The van der Waals surface area contributed by atoms with Gasteiger partial charge in [0.1, 0.15) is 11.0 Å². The van der Waals surface area contributed by atoms with E-state index in [2.05, 4.69) is 9.97 Å². The van der Waals surface area contributed by atoms with Gasteiger partial charge in [0, 0.05) is 17.2 Å². The molecule has 0 spiro atoms. The number of H-pyrrole nitrogens is 1. The first-order valence-corrected chi connectivity index (χ1v) is 10.6. The number of aromatic nitrogens is 2. The molecule has 1 unspecified atom stereocenters. The number of amides is 1. The second-order valence-corrected chi connectivity index (χ2v) is 8.14. The van der Waals surface area contributed by atoms with E-state index in [1.54, 1.807) is 24.3 Å². The lowest BCUT2D eigenvalue weighted by Crippen LogP contribution is -2.15. The predicted octanol–water partition coefficient (Wildman–Crippen LogP) is 4.29. The number of primary amides is 1. The summed E-state index contributed by atoms with van der Waals surface area (Å²) in [6, 6.07) is 17.7. The van der Waals surface area contributed by atoms with Crippen molar-refractivity contribution < 1.29 is 19.2 Å². The van der Waals surface area contributed by atoms with Crippen LogP contribution in [0.3, 0.4) is 0 Å². The molecule has 1 atom stereocenters. The summed E-state index contributed by atoms with van der Waals surface area (Å²) in [5.74, 6) is -0.588. The highest BCUT2D eigenvalue weighted by molar-refractivity contribution is 8.00. The second kappa shape index (κ2) is 9.13. The monoisotopic (exact) mass is 462 g/mol. The highest BCUT2D eigenvalue weighted by Gasteiger charge is 2.31. The molecule has 0 saturated heterocycles. The molecule has 1 amide bonds. The molecule has 166 valence electrons. The minimum atomic E-state index is -1.01. The Kier molecular flexibility index (Phi) is 6.09. The molecular weight excluding hydrogens is 444 g/mol. The summed E-state index contributed by atoms with van der Waals surface area (Å²) in [5.41, 5.74) is 6.86. The number of imidazole rings is 1. The molecule has 0 aliphatic carbocycles. The minimum Gasteiger partial charge on any atom is -0.497 e. The molecule has 3 aromatic carbocycles. The summed E-state index contributed by atoms with van der Waals surface area (Å²) in [7, 11) is 1.51. The molecule has 4 aromatic rings. The molecule has 0 fully saturated rings. The highest BCUT2D eigenvalue weighted by atomic mass is 32.2. The molecule has 0 bridgehead atoms. The van der Waals surface area contributed by atoms with Gasteiger partial charge in [0.25, 0.3) is 5.69 Å². The minimum absolute atomic E-state index is 0.0187. The second-order valence-electron chi connectivity index (χ2n) is 7.04. The summed E-state index contributed by atoms with van der Waals surface area (Å²) < 4.78 is 5.14. The standard InChI is InChI=1S/C23H18N4O5S/c1-32-15-9-6-13(7-10-15)20(28)21(33-23-25-17-4-2-3-5-18(17)26-23)16-11-8-14(22(24)29)12-19(16)27(30)31/h2-12,21H,1H3,(H2,24,29)(H,25,26). The number of Topliss-reactive ketones (excluding diaryl/α,β-unsaturated/α-hetero) is 1. The van der Waals surface area contributed by atoms with Gasteiger partial charge in [-0.1, -0.05) is 23.9 Å². The van der Waals surface area contributed by atoms with Crippen molar-refractivity contribution in [3.05, 3.63) is 93.5 Å². The van der Waals surface area contributed by atoms with E-state index >= 15 is 0 Å². The first-order chi connectivity index (χ1) is 15.9. The zero-order chi connectivity index (χ0) is 23.5. The number of methoxy groups -OCH3 is 1. The number of carbonyl (C=O) groups is 2. The summed E-state index contributed by atoms with van der Waals surface area (Å²) in [6.45, 7) is 0. The number of aromatic amines is 1. The Labute approximate surface area is 192 Å². The van der Waals surface area contributed by atoms with Gasteiger partial charge in [-0.2, -0.15) is 0 Å². The van der Waals surface area contributed by atoms with Crippen LogP contribution in [0.4, 0.5) is 5.69 Å². The molecule has 0 aliphatic heterocycles. The van der Waals surface area contributed by atoms with E-state index in [4.69, 9.17) is 10.5 Å². The van der Waals surface area contributed by atoms with Gasteiger partial charge in [0.05, 0.1) is 28.6 Å². The average Bonchev–Trinajstić information content (AvgIpc) is 3.24. The fraction of sp³-hybridized carbons (Fsp3) is 0.0870. The van der Waals surface area contributed by atoms with Crippen molar-refractivity contribution >= 4 is 40.2 Å². The van der Waals surface area contributed by atoms with Gasteiger partial charge in [0.15, 0.2) is 10.9 Å². The van der Waals surface area contributed by atoms with Gasteiger partial charge in [-0.05, 0) is 48.5 Å². The van der Waals surface area contributed by atoms with Crippen LogP contribution in [-0.4, -0.2) is 33.7 Å². The number of para-hydroxylation sites is 2. The number of ether oxygens (including phenoxy) is 1.